The molecule has 0 amide bonds. The molecule has 0 aromatic carbocycles. The first kappa shape index (κ1) is 11.7. The third kappa shape index (κ3) is 2.00. The van der Waals surface area contributed by atoms with Gasteiger partial charge in [-0.3, -0.25) is 9.80 Å². The smallest absolute Gasteiger partial charge is 0.0253 e. The summed E-state index contributed by atoms with van der Waals surface area (Å²) in [6.07, 6.45) is 7.24. The molecule has 3 heteroatoms. The van der Waals surface area contributed by atoms with Crippen LogP contribution in [0.25, 0.3) is 0 Å². The van der Waals surface area contributed by atoms with E-state index in [1.807, 2.05) is 0 Å². The molecule has 3 nitrogen and oxygen atoms in total. The molecule has 5 aliphatic heterocycles. The van der Waals surface area contributed by atoms with Crippen LogP contribution in [0, 0.1) is 5.92 Å². The third-order valence-electron chi connectivity index (χ3n) is 5.93. The van der Waals surface area contributed by atoms with Gasteiger partial charge in [-0.15, -0.1) is 0 Å². The van der Waals surface area contributed by atoms with Crippen molar-refractivity contribution in [2.45, 2.75) is 44.2 Å². The molecule has 2 bridgehead atoms. The van der Waals surface area contributed by atoms with E-state index in [0.29, 0.717) is 0 Å². The third-order valence-corrected chi connectivity index (χ3v) is 5.93. The van der Waals surface area contributed by atoms with E-state index in [1.165, 1.54) is 77.9 Å². The Morgan fingerprint density at radius 2 is 1.44 bits per heavy atom. The molecule has 2 unspecified atom stereocenters. The summed E-state index contributed by atoms with van der Waals surface area (Å²) < 4.78 is 0. The first-order chi connectivity index (χ1) is 8.90. The fourth-order valence-corrected chi connectivity index (χ4v) is 4.88. The Labute approximate surface area is 111 Å². The van der Waals surface area contributed by atoms with E-state index >= 15 is 0 Å². The van der Waals surface area contributed by atoms with Gasteiger partial charge in [-0.25, -0.2) is 0 Å². The summed E-state index contributed by atoms with van der Waals surface area (Å²) in [5.74, 6) is 1.02. The van der Waals surface area contributed by atoms with E-state index in [9.17, 15) is 0 Å². The molecule has 5 rings (SSSR count). The van der Waals surface area contributed by atoms with Crippen LogP contribution in [0.1, 0.15) is 32.1 Å². The van der Waals surface area contributed by atoms with Crippen LogP contribution in [0.15, 0.2) is 0 Å². The Morgan fingerprint density at radius 1 is 0.667 bits per heavy atom. The fraction of sp³-hybridized carbons (Fsp3) is 1.00. The average Bonchev–Trinajstić information content (AvgIpc) is 2.77. The van der Waals surface area contributed by atoms with Crippen LogP contribution >= 0.6 is 0 Å². The molecule has 0 spiro atoms. The van der Waals surface area contributed by atoms with Crippen molar-refractivity contribution in [2.24, 2.45) is 5.92 Å². The van der Waals surface area contributed by atoms with Gasteiger partial charge in [0.15, 0.2) is 0 Å². The van der Waals surface area contributed by atoms with Gasteiger partial charge in [-0.2, -0.15) is 0 Å². The average molecular weight is 249 g/mol. The van der Waals surface area contributed by atoms with Crippen LogP contribution < -0.4 is 0 Å². The van der Waals surface area contributed by atoms with Gasteiger partial charge < -0.3 is 4.90 Å². The largest absolute Gasteiger partial charge is 0.302 e. The highest BCUT2D eigenvalue weighted by Gasteiger charge is 2.39. The Hall–Kier alpha value is -0.120. The van der Waals surface area contributed by atoms with Crippen LogP contribution in [0.4, 0.5) is 0 Å². The zero-order valence-corrected chi connectivity index (χ0v) is 11.6. The van der Waals surface area contributed by atoms with E-state index in [2.05, 4.69) is 14.7 Å². The van der Waals surface area contributed by atoms with Gasteiger partial charge in [0.25, 0.3) is 0 Å². The van der Waals surface area contributed by atoms with E-state index in [0.717, 1.165) is 18.0 Å². The molecular weight excluding hydrogens is 222 g/mol. The highest BCUT2D eigenvalue weighted by Crippen LogP contribution is 2.33. The summed E-state index contributed by atoms with van der Waals surface area (Å²) in [5, 5.41) is 0. The molecule has 18 heavy (non-hydrogen) atoms. The summed E-state index contributed by atoms with van der Waals surface area (Å²) in [5.41, 5.74) is 0. The lowest BCUT2D eigenvalue weighted by Crippen LogP contribution is -2.58. The van der Waals surface area contributed by atoms with E-state index in [1.54, 1.807) is 0 Å². The Bertz CT molecular complexity index is 298. The van der Waals surface area contributed by atoms with Gasteiger partial charge in [0.05, 0.1) is 0 Å². The maximum atomic E-state index is 2.88. The van der Waals surface area contributed by atoms with Crippen molar-refractivity contribution >= 4 is 0 Å². The second kappa shape index (κ2) is 4.77. The molecule has 0 aromatic rings. The number of rotatable bonds is 1. The highest BCUT2D eigenvalue weighted by molar-refractivity contribution is 4.95. The number of hydrogen-bond donors (Lipinski definition) is 0. The van der Waals surface area contributed by atoms with Gasteiger partial charge in [0.2, 0.25) is 0 Å². The second-order valence-electron chi connectivity index (χ2n) is 6.89. The van der Waals surface area contributed by atoms with Crippen LogP contribution in [-0.4, -0.2) is 72.6 Å². The molecule has 0 saturated carbocycles. The minimum Gasteiger partial charge on any atom is -0.302 e. The number of hydrogen-bond acceptors (Lipinski definition) is 3. The normalized spacial score (nSPS) is 46.0. The van der Waals surface area contributed by atoms with Gasteiger partial charge >= 0.3 is 0 Å². The molecule has 0 N–H and O–H groups in total. The quantitative estimate of drug-likeness (QED) is 0.692. The number of piperidine rings is 3. The number of nitrogens with zero attached hydrogens (tertiary/aromatic N) is 3. The fourth-order valence-electron chi connectivity index (χ4n) is 4.88. The maximum absolute atomic E-state index is 2.88. The molecule has 5 aliphatic rings. The van der Waals surface area contributed by atoms with Crippen molar-refractivity contribution in [2.75, 3.05) is 45.8 Å². The van der Waals surface area contributed by atoms with Gasteiger partial charge in [-0.05, 0) is 70.7 Å². The van der Waals surface area contributed by atoms with E-state index in [-0.39, 0.29) is 0 Å². The van der Waals surface area contributed by atoms with Crippen LogP contribution in [0.5, 0.6) is 0 Å². The molecule has 2 atom stereocenters. The van der Waals surface area contributed by atoms with Crippen LogP contribution in [-0.2, 0) is 0 Å². The summed E-state index contributed by atoms with van der Waals surface area (Å²) in [4.78, 5) is 8.36. The first-order valence-electron chi connectivity index (χ1n) is 8.10. The van der Waals surface area contributed by atoms with Crippen molar-refractivity contribution in [3.8, 4) is 0 Å². The Balaban J connectivity index is 1.47. The standard InChI is InChI=1S/C15H27N3/c1-3-14-11-18(8-2-7-17(14)6-1)15-12-16-9-4-13(15)5-10-16/h13-15H,1-12H2. The summed E-state index contributed by atoms with van der Waals surface area (Å²) in [7, 11) is 0. The van der Waals surface area contributed by atoms with E-state index in [4.69, 9.17) is 0 Å². The molecule has 0 aromatic heterocycles. The molecule has 5 saturated heterocycles. The molecule has 102 valence electrons. The molecule has 0 aliphatic carbocycles. The lowest BCUT2D eigenvalue weighted by molar-refractivity contribution is 0.00298. The van der Waals surface area contributed by atoms with Crippen molar-refractivity contribution in [3.63, 3.8) is 0 Å². The second-order valence-corrected chi connectivity index (χ2v) is 6.89. The van der Waals surface area contributed by atoms with Crippen molar-refractivity contribution in [3.05, 3.63) is 0 Å². The summed E-state index contributed by atoms with van der Waals surface area (Å²) >= 11 is 0. The van der Waals surface area contributed by atoms with Crippen molar-refractivity contribution in [1.82, 2.24) is 14.7 Å². The van der Waals surface area contributed by atoms with Gasteiger partial charge in [-0.1, -0.05) is 0 Å². The lowest BCUT2D eigenvalue weighted by atomic mass is 9.83. The SMILES string of the molecule is C1CC2CN(C3CN4CCC3CC4)CCCN2C1. The van der Waals surface area contributed by atoms with Gasteiger partial charge in [0, 0.05) is 25.2 Å². The Morgan fingerprint density at radius 3 is 2.22 bits per heavy atom. The van der Waals surface area contributed by atoms with Crippen molar-refractivity contribution < 1.29 is 0 Å². The molecule has 5 fully saturated rings. The van der Waals surface area contributed by atoms with Crippen molar-refractivity contribution in [1.29, 1.82) is 0 Å². The van der Waals surface area contributed by atoms with Crippen LogP contribution in [0.3, 0.4) is 0 Å². The predicted molar refractivity (Wildman–Crippen MR) is 73.7 cm³/mol. The molecular formula is C15H27N3. The minimum absolute atomic E-state index is 0.892. The maximum Gasteiger partial charge on any atom is 0.0253 e. The number of fused-ring (bicyclic) bond motifs is 4. The highest BCUT2D eigenvalue weighted by atomic mass is 15.3. The summed E-state index contributed by atoms with van der Waals surface area (Å²) in [6, 6.07) is 1.79. The molecule has 5 heterocycles. The minimum atomic E-state index is 0.892. The monoisotopic (exact) mass is 249 g/mol. The Kier molecular flexibility index (Phi) is 3.10. The predicted octanol–water partition coefficient (Wildman–Crippen LogP) is 1.25. The zero-order valence-electron chi connectivity index (χ0n) is 11.6. The molecule has 0 radical (unpaired) electrons. The topological polar surface area (TPSA) is 9.72 Å². The lowest BCUT2D eigenvalue weighted by Gasteiger charge is -2.49. The van der Waals surface area contributed by atoms with E-state index < -0.39 is 0 Å². The van der Waals surface area contributed by atoms with Crippen LogP contribution in [0.2, 0.25) is 0 Å². The summed E-state index contributed by atoms with van der Waals surface area (Å²) in [6.45, 7) is 9.60. The van der Waals surface area contributed by atoms with Gasteiger partial charge in [0.1, 0.15) is 0 Å². The zero-order chi connectivity index (χ0) is 11.9. The first-order valence-corrected chi connectivity index (χ1v) is 8.10.